The molecule has 0 radical (unpaired) electrons. The number of benzene rings is 3. The Morgan fingerprint density at radius 2 is 1.46 bits per heavy atom. The van der Waals surface area contributed by atoms with Crippen LogP contribution in [0.2, 0.25) is 0 Å². The van der Waals surface area contributed by atoms with Crippen LogP contribution in [0.3, 0.4) is 0 Å². The van der Waals surface area contributed by atoms with Crippen LogP contribution in [-0.2, 0) is 32.6 Å². The molecule has 1 atom stereocenters. The molecule has 0 aromatic heterocycles. The summed E-state index contributed by atoms with van der Waals surface area (Å²) in [6.45, 7) is 2.19. The average Bonchev–Trinajstić information content (AvgIpc) is 2.89. The molecule has 0 aliphatic heterocycles. The van der Waals surface area contributed by atoms with Crippen LogP contribution >= 0.6 is 22.6 Å². The molecule has 0 bridgehead atoms. The Bertz CT molecular complexity index is 1270. The molecule has 0 aliphatic rings. The number of hydrogen-bond acceptors (Lipinski definition) is 4. The van der Waals surface area contributed by atoms with Gasteiger partial charge in [-0.15, -0.1) is 0 Å². The number of halogens is 1. The van der Waals surface area contributed by atoms with Gasteiger partial charge in [0.15, 0.2) is 0 Å². The molecule has 1 N–H and O–H groups in total. The molecule has 2 amide bonds. The van der Waals surface area contributed by atoms with Crippen molar-refractivity contribution in [2.24, 2.45) is 0 Å². The Hall–Kier alpha value is -2.92. The van der Waals surface area contributed by atoms with Crippen LogP contribution in [0.25, 0.3) is 0 Å². The quantitative estimate of drug-likeness (QED) is 0.303. The van der Waals surface area contributed by atoms with Crippen molar-refractivity contribution < 1.29 is 18.0 Å². The lowest BCUT2D eigenvalue weighted by Crippen LogP contribution is -2.53. The highest BCUT2D eigenvalue weighted by molar-refractivity contribution is 14.1. The molecule has 196 valence electrons. The first-order valence-corrected chi connectivity index (χ1v) is 15.0. The van der Waals surface area contributed by atoms with Crippen LogP contribution in [0.4, 0.5) is 5.69 Å². The molecule has 3 aromatic carbocycles. The van der Waals surface area contributed by atoms with Gasteiger partial charge in [0.1, 0.15) is 12.6 Å². The van der Waals surface area contributed by atoms with E-state index >= 15 is 0 Å². The number of amides is 2. The summed E-state index contributed by atoms with van der Waals surface area (Å²) < 4.78 is 27.5. The number of anilines is 1. The monoisotopic (exact) mass is 633 g/mol. The molecule has 37 heavy (non-hydrogen) atoms. The second kappa shape index (κ2) is 13.6. The van der Waals surface area contributed by atoms with Crippen molar-refractivity contribution in [3.63, 3.8) is 0 Å². The Morgan fingerprint density at radius 3 is 2.00 bits per heavy atom. The molecule has 0 saturated carbocycles. The molecule has 0 saturated heterocycles. The zero-order chi connectivity index (χ0) is 26.8. The summed E-state index contributed by atoms with van der Waals surface area (Å²) in [5.41, 5.74) is 2.14. The number of nitrogens with one attached hydrogen (secondary N) is 1. The largest absolute Gasteiger partial charge is 0.354 e. The maximum Gasteiger partial charge on any atom is 0.244 e. The summed E-state index contributed by atoms with van der Waals surface area (Å²) >= 11 is 2.14. The van der Waals surface area contributed by atoms with Gasteiger partial charge in [-0.1, -0.05) is 67.6 Å². The van der Waals surface area contributed by atoms with Crippen LogP contribution in [0.15, 0.2) is 84.9 Å². The fourth-order valence-corrected chi connectivity index (χ4v) is 5.13. The van der Waals surface area contributed by atoms with Crippen molar-refractivity contribution in [1.82, 2.24) is 10.2 Å². The van der Waals surface area contributed by atoms with Crippen LogP contribution in [0.1, 0.15) is 24.5 Å². The summed E-state index contributed by atoms with van der Waals surface area (Å²) in [5, 5.41) is 2.93. The van der Waals surface area contributed by atoms with Gasteiger partial charge >= 0.3 is 0 Å². The van der Waals surface area contributed by atoms with Crippen molar-refractivity contribution in [2.75, 3.05) is 23.7 Å². The SMILES string of the molecule is CCCNC(=O)[C@H](Cc1ccccc1)N(Cc1ccccc1)C(=O)CN(c1ccc(I)cc1)S(C)(=O)=O. The second-order valence-electron chi connectivity index (χ2n) is 8.75. The number of sulfonamides is 1. The van der Waals surface area contributed by atoms with Gasteiger partial charge in [0, 0.05) is 23.1 Å². The molecule has 3 rings (SSSR count). The molecule has 0 heterocycles. The fourth-order valence-electron chi connectivity index (χ4n) is 3.92. The minimum atomic E-state index is -3.77. The van der Waals surface area contributed by atoms with Crippen LogP contribution in [-0.4, -0.2) is 50.5 Å². The predicted octanol–water partition coefficient (Wildman–Crippen LogP) is 4.22. The van der Waals surface area contributed by atoms with E-state index in [4.69, 9.17) is 0 Å². The topological polar surface area (TPSA) is 86.8 Å². The highest BCUT2D eigenvalue weighted by Crippen LogP contribution is 2.21. The minimum Gasteiger partial charge on any atom is -0.354 e. The van der Waals surface area contributed by atoms with Gasteiger partial charge in [0.2, 0.25) is 21.8 Å². The van der Waals surface area contributed by atoms with Gasteiger partial charge in [0.25, 0.3) is 0 Å². The van der Waals surface area contributed by atoms with E-state index in [1.807, 2.05) is 67.6 Å². The maximum absolute atomic E-state index is 13.9. The van der Waals surface area contributed by atoms with Gasteiger partial charge in [-0.3, -0.25) is 13.9 Å². The lowest BCUT2D eigenvalue weighted by molar-refractivity contribution is -0.140. The molecular formula is C28H32IN3O4S. The standard InChI is InChI=1S/C28H32IN3O4S/c1-3-18-30-28(34)26(19-22-10-6-4-7-11-22)31(20-23-12-8-5-9-13-23)27(33)21-32(37(2,35)36)25-16-14-24(29)15-17-25/h4-17,26H,3,18-21H2,1-2H3,(H,30,34)/t26-/m0/s1. The zero-order valence-electron chi connectivity index (χ0n) is 21.0. The van der Waals surface area contributed by atoms with Gasteiger partial charge < -0.3 is 10.2 Å². The number of hydrogen-bond donors (Lipinski definition) is 1. The molecule has 3 aromatic rings. The van der Waals surface area contributed by atoms with Crippen molar-refractivity contribution in [3.8, 4) is 0 Å². The van der Waals surface area contributed by atoms with Gasteiger partial charge in [0.05, 0.1) is 11.9 Å². The van der Waals surface area contributed by atoms with Crippen molar-refractivity contribution >= 4 is 50.1 Å². The smallest absolute Gasteiger partial charge is 0.244 e. The average molecular weight is 634 g/mol. The van der Waals surface area contributed by atoms with E-state index in [0.29, 0.717) is 18.7 Å². The molecule has 0 unspecified atom stereocenters. The summed E-state index contributed by atoms with van der Waals surface area (Å²) in [5.74, 6) is -0.726. The number of rotatable bonds is 12. The summed E-state index contributed by atoms with van der Waals surface area (Å²) in [7, 11) is -3.77. The van der Waals surface area contributed by atoms with Crippen LogP contribution in [0.5, 0.6) is 0 Å². The summed E-state index contributed by atoms with van der Waals surface area (Å²) in [4.78, 5) is 28.8. The molecule has 0 aliphatic carbocycles. The van der Waals surface area contributed by atoms with Crippen LogP contribution in [0, 0.1) is 3.57 Å². The van der Waals surface area contributed by atoms with E-state index in [2.05, 4.69) is 27.9 Å². The van der Waals surface area contributed by atoms with Gasteiger partial charge in [-0.05, 0) is 64.4 Å². The fraction of sp³-hybridized carbons (Fsp3) is 0.286. The third kappa shape index (κ3) is 8.57. The molecule has 0 spiro atoms. The molecule has 7 nitrogen and oxygen atoms in total. The Morgan fingerprint density at radius 1 is 0.892 bits per heavy atom. The van der Waals surface area contributed by atoms with Crippen LogP contribution < -0.4 is 9.62 Å². The van der Waals surface area contributed by atoms with E-state index in [1.165, 1.54) is 4.90 Å². The van der Waals surface area contributed by atoms with E-state index in [9.17, 15) is 18.0 Å². The van der Waals surface area contributed by atoms with Crippen molar-refractivity contribution in [2.45, 2.75) is 32.4 Å². The minimum absolute atomic E-state index is 0.168. The normalized spacial score (nSPS) is 12.0. The first kappa shape index (κ1) is 28.6. The highest BCUT2D eigenvalue weighted by Gasteiger charge is 2.32. The lowest BCUT2D eigenvalue weighted by atomic mass is 10.0. The molecular weight excluding hydrogens is 601 g/mol. The van der Waals surface area contributed by atoms with E-state index in [0.717, 1.165) is 31.7 Å². The van der Waals surface area contributed by atoms with Crippen molar-refractivity contribution in [1.29, 1.82) is 0 Å². The Balaban J connectivity index is 2.01. The molecule has 0 fully saturated rings. The predicted molar refractivity (Wildman–Crippen MR) is 156 cm³/mol. The second-order valence-corrected chi connectivity index (χ2v) is 11.9. The Kier molecular flexibility index (Phi) is 10.5. The maximum atomic E-state index is 13.9. The van der Waals surface area contributed by atoms with E-state index in [-0.39, 0.29) is 12.5 Å². The third-order valence-corrected chi connectivity index (χ3v) is 7.67. The van der Waals surface area contributed by atoms with Crippen molar-refractivity contribution in [3.05, 3.63) is 99.6 Å². The number of carbonyl (C=O) groups excluding carboxylic acids is 2. The highest BCUT2D eigenvalue weighted by atomic mass is 127. The first-order chi connectivity index (χ1) is 17.7. The molecule has 9 heteroatoms. The van der Waals surface area contributed by atoms with E-state index in [1.54, 1.807) is 24.3 Å². The van der Waals surface area contributed by atoms with E-state index < -0.39 is 28.5 Å². The number of carbonyl (C=O) groups is 2. The van der Waals surface area contributed by atoms with Gasteiger partial charge in [-0.25, -0.2) is 8.42 Å². The third-order valence-electron chi connectivity index (χ3n) is 5.81. The number of nitrogens with zero attached hydrogens (tertiary/aromatic N) is 2. The zero-order valence-corrected chi connectivity index (χ0v) is 24.0. The summed E-state index contributed by atoms with van der Waals surface area (Å²) in [6, 6.07) is 25.0. The lowest BCUT2D eigenvalue weighted by Gasteiger charge is -2.33. The Labute approximate surface area is 233 Å². The van der Waals surface area contributed by atoms with Gasteiger partial charge in [-0.2, -0.15) is 0 Å². The summed E-state index contributed by atoms with van der Waals surface area (Å²) in [6.07, 6.45) is 2.14. The first-order valence-electron chi connectivity index (χ1n) is 12.1.